The average molecular weight is 388 g/mol. The molecule has 1 aliphatic rings. The maximum absolute atomic E-state index is 12.5. The second-order valence-corrected chi connectivity index (χ2v) is 7.13. The summed E-state index contributed by atoms with van der Waals surface area (Å²) < 4.78 is 41.9. The summed E-state index contributed by atoms with van der Waals surface area (Å²) in [5.41, 5.74) is 1.20. The van der Waals surface area contributed by atoms with E-state index in [0.717, 1.165) is 10.5 Å². The Kier molecular flexibility index (Phi) is 5.15. The predicted octanol–water partition coefficient (Wildman–Crippen LogP) is 4.94. The minimum Gasteiger partial charge on any atom is -0.482 e. The molecule has 8 heteroatoms. The van der Waals surface area contributed by atoms with E-state index >= 15 is 0 Å². The molecule has 0 aromatic heterocycles. The number of carbonyl (C=O) groups excluding carboxylic acids is 1. The van der Waals surface area contributed by atoms with Gasteiger partial charge < -0.3 is 10.1 Å². The molecule has 1 unspecified atom stereocenters. The lowest BCUT2D eigenvalue weighted by atomic mass is 10.1. The number of nitrogens with one attached hydrogen (secondary N) is 1. The fraction of sp³-hybridized carbons (Fsp3) is 0.235. The zero-order valence-electron chi connectivity index (χ0n) is 12.8. The van der Waals surface area contributed by atoms with Crippen LogP contribution in [-0.4, -0.2) is 23.9 Å². The maximum Gasteiger partial charge on any atom is 0.422 e. The fourth-order valence-electron chi connectivity index (χ4n) is 2.43. The summed E-state index contributed by atoms with van der Waals surface area (Å²) in [5, 5.41) is 2.56. The summed E-state index contributed by atoms with van der Waals surface area (Å²) in [6, 6.07) is 11.8. The Bertz CT molecular complexity index is 773. The molecule has 1 amide bonds. The molecular weight excluding hydrogens is 375 g/mol. The molecule has 3 rings (SSSR count). The van der Waals surface area contributed by atoms with Gasteiger partial charge in [-0.3, -0.25) is 4.79 Å². The van der Waals surface area contributed by atoms with Crippen molar-refractivity contribution in [2.45, 2.75) is 22.7 Å². The highest BCUT2D eigenvalue weighted by Crippen LogP contribution is 2.38. The molecule has 0 saturated heterocycles. The molecule has 1 aliphatic heterocycles. The number of ether oxygens (including phenoxy) is 1. The van der Waals surface area contributed by atoms with Crippen LogP contribution in [0.3, 0.4) is 0 Å². The van der Waals surface area contributed by atoms with Gasteiger partial charge in [-0.05, 0) is 36.2 Å². The Morgan fingerprint density at radius 1 is 1.28 bits per heavy atom. The van der Waals surface area contributed by atoms with Crippen LogP contribution in [0.2, 0.25) is 5.02 Å². The number of thioether (sulfide) groups is 1. The Labute approximate surface area is 151 Å². The van der Waals surface area contributed by atoms with Gasteiger partial charge in [-0.1, -0.05) is 29.8 Å². The van der Waals surface area contributed by atoms with Gasteiger partial charge in [0.25, 0.3) is 0 Å². The van der Waals surface area contributed by atoms with Gasteiger partial charge in [0, 0.05) is 9.92 Å². The van der Waals surface area contributed by atoms with E-state index in [2.05, 4.69) is 5.32 Å². The van der Waals surface area contributed by atoms with Gasteiger partial charge in [-0.25, -0.2) is 0 Å². The summed E-state index contributed by atoms with van der Waals surface area (Å²) in [4.78, 5) is 13.5. The Morgan fingerprint density at radius 2 is 2.04 bits per heavy atom. The zero-order chi connectivity index (χ0) is 18.0. The van der Waals surface area contributed by atoms with Crippen LogP contribution in [0.15, 0.2) is 47.4 Å². The van der Waals surface area contributed by atoms with Crippen molar-refractivity contribution in [1.29, 1.82) is 0 Å². The molecule has 132 valence electrons. The molecule has 0 spiro atoms. The van der Waals surface area contributed by atoms with Crippen molar-refractivity contribution in [2.75, 3.05) is 11.9 Å². The smallest absolute Gasteiger partial charge is 0.422 e. The van der Waals surface area contributed by atoms with Crippen LogP contribution in [0.25, 0.3) is 0 Å². The number of hydrogen-bond donors (Lipinski definition) is 1. The van der Waals surface area contributed by atoms with Gasteiger partial charge >= 0.3 is 6.18 Å². The standard InChI is InChI=1S/C17H13ClF3NO2S/c18-11-5-6-13(24-9-17(19,20)21)12(8-11)22-16(23)15-7-10-3-1-2-4-14(10)25-15/h1-6,8,15H,7,9H2,(H,22,23). The van der Waals surface area contributed by atoms with E-state index in [4.69, 9.17) is 16.3 Å². The Balaban J connectivity index is 1.72. The van der Waals surface area contributed by atoms with Crippen molar-refractivity contribution in [3.63, 3.8) is 0 Å². The Morgan fingerprint density at radius 3 is 2.76 bits per heavy atom. The van der Waals surface area contributed by atoms with Crippen molar-refractivity contribution < 1.29 is 22.7 Å². The molecule has 0 saturated carbocycles. The summed E-state index contributed by atoms with van der Waals surface area (Å²) >= 11 is 7.31. The topological polar surface area (TPSA) is 38.3 Å². The minimum atomic E-state index is -4.47. The number of alkyl halides is 3. The predicted molar refractivity (Wildman–Crippen MR) is 91.4 cm³/mol. The van der Waals surface area contributed by atoms with Crippen LogP contribution < -0.4 is 10.1 Å². The third-order valence-electron chi connectivity index (χ3n) is 3.53. The summed E-state index contributed by atoms with van der Waals surface area (Å²) in [7, 11) is 0. The highest BCUT2D eigenvalue weighted by Gasteiger charge is 2.30. The van der Waals surface area contributed by atoms with Crippen LogP contribution in [-0.2, 0) is 11.2 Å². The molecular formula is C17H13ClF3NO2S. The van der Waals surface area contributed by atoms with Crippen LogP contribution in [0.4, 0.5) is 18.9 Å². The normalized spacial score (nSPS) is 16.4. The molecule has 3 nitrogen and oxygen atoms in total. The highest BCUT2D eigenvalue weighted by molar-refractivity contribution is 8.01. The van der Waals surface area contributed by atoms with Crippen LogP contribution in [0.5, 0.6) is 5.75 Å². The van der Waals surface area contributed by atoms with Gasteiger partial charge in [0.15, 0.2) is 6.61 Å². The number of anilines is 1. The van der Waals surface area contributed by atoms with Crippen molar-refractivity contribution in [3.8, 4) is 5.75 Å². The molecule has 0 aliphatic carbocycles. The van der Waals surface area contributed by atoms with Gasteiger partial charge in [0.2, 0.25) is 5.91 Å². The molecule has 2 aromatic rings. The van der Waals surface area contributed by atoms with E-state index in [0.29, 0.717) is 6.42 Å². The lowest BCUT2D eigenvalue weighted by molar-refractivity contribution is -0.153. The second-order valence-electron chi connectivity index (χ2n) is 5.45. The number of benzene rings is 2. The van der Waals surface area contributed by atoms with Crippen molar-refractivity contribution >= 4 is 35.0 Å². The van der Waals surface area contributed by atoms with Crippen LogP contribution >= 0.6 is 23.4 Å². The number of carbonyl (C=O) groups is 1. The van der Waals surface area contributed by atoms with E-state index in [1.54, 1.807) is 0 Å². The number of amides is 1. The van der Waals surface area contributed by atoms with E-state index in [9.17, 15) is 18.0 Å². The minimum absolute atomic E-state index is 0.0735. The van der Waals surface area contributed by atoms with Crippen molar-refractivity contribution in [2.24, 2.45) is 0 Å². The van der Waals surface area contributed by atoms with Gasteiger partial charge in [0.1, 0.15) is 5.75 Å². The second kappa shape index (κ2) is 7.17. The van der Waals surface area contributed by atoms with E-state index in [-0.39, 0.29) is 27.6 Å². The summed E-state index contributed by atoms with van der Waals surface area (Å²) in [5.74, 6) is -0.379. The average Bonchev–Trinajstić information content (AvgIpc) is 2.97. The summed E-state index contributed by atoms with van der Waals surface area (Å²) in [6.07, 6.45) is -3.91. The monoisotopic (exact) mass is 387 g/mol. The molecule has 0 fully saturated rings. The van der Waals surface area contributed by atoms with E-state index < -0.39 is 12.8 Å². The number of rotatable bonds is 4. The first-order valence-electron chi connectivity index (χ1n) is 7.36. The number of halogens is 4. The first-order chi connectivity index (χ1) is 11.8. The fourth-order valence-corrected chi connectivity index (χ4v) is 3.79. The first-order valence-corrected chi connectivity index (χ1v) is 8.62. The van der Waals surface area contributed by atoms with Crippen molar-refractivity contribution in [1.82, 2.24) is 0 Å². The first kappa shape index (κ1) is 17.9. The van der Waals surface area contributed by atoms with Crippen molar-refractivity contribution in [3.05, 3.63) is 53.1 Å². The molecule has 0 bridgehead atoms. The third kappa shape index (κ3) is 4.61. The molecule has 1 N–H and O–H groups in total. The molecule has 0 radical (unpaired) electrons. The van der Waals surface area contributed by atoms with Crippen LogP contribution in [0.1, 0.15) is 5.56 Å². The largest absolute Gasteiger partial charge is 0.482 e. The van der Waals surface area contributed by atoms with E-state index in [1.165, 1.54) is 30.0 Å². The lowest BCUT2D eigenvalue weighted by Crippen LogP contribution is -2.25. The Hall–Kier alpha value is -1.86. The maximum atomic E-state index is 12.5. The number of hydrogen-bond acceptors (Lipinski definition) is 3. The van der Waals surface area contributed by atoms with E-state index in [1.807, 2.05) is 24.3 Å². The van der Waals surface area contributed by atoms with Gasteiger partial charge in [-0.2, -0.15) is 13.2 Å². The zero-order valence-corrected chi connectivity index (χ0v) is 14.3. The molecule has 2 aromatic carbocycles. The highest BCUT2D eigenvalue weighted by atomic mass is 35.5. The molecule has 25 heavy (non-hydrogen) atoms. The SMILES string of the molecule is O=C(Nc1cc(Cl)ccc1OCC(F)(F)F)C1Cc2ccccc2S1. The molecule has 1 atom stereocenters. The van der Waals surface area contributed by atoms with Gasteiger partial charge in [-0.15, -0.1) is 11.8 Å². The lowest BCUT2D eigenvalue weighted by Gasteiger charge is -2.16. The summed E-state index contributed by atoms with van der Waals surface area (Å²) in [6.45, 7) is -1.44. The quantitative estimate of drug-likeness (QED) is 0.807. The van der Waals surface area contributed by atoms with Gasteiger partial charge in [0.05, 0.1) is 10.9 Å². The molecule has 1 heterocycles. The van der Waals surface area contributed by atoms with Crippen LogP contribution in [0, 0.1) is 0 Å². The third-order valence-corrected chi connectivity index (χ3v) is 5.08. The number of fused-ring (bicyclic) bond motifs is 1.